The van der Waals surface area contributed by atoms with Crippen LogP contribution in [0.1, 0.15) is 56.4 Å². The number of aliphatic carboxylic acids is 1. The number of benzene rings is 2. The van der Waals surface area contributed by atoms with Crippen molar-refractivity contribution in [3.05, 3.63) is 76.5 Å². The average molecular weight is 582 g/mol. The molecule has 0 spiro atoms. The molecule has 6 nitrogen and oxygen atoms in total. The van der Waals surface area contributed by atoms with Crippen molar-refractivity contribution in [2.45, 2.75) is 65.3 Å². The summed E-state index contributed by atoms with van der Waals surface area (Å²) in [4.78, 5) is 13.2. The van der Waals surface area contributed by atoms with Gasteiger partial charge in [-0.05, 0) is 79.1 Å². The van der Waals surface area contributed by atoms with Crippen LogP contribution in [0, 0.1) is 17.6 Å². The maximum atomic E-state index is 14.7. The van der Waals surface area contributed by atoms with Crippen LogP contribution in [-0.2, 0) is 30.4 Å². The number of hydrogen-bond acceptors (Lipinski definition) is 5. The van der Waals surface area contributed by atoms with Crippen LogP contribution in [0.2, 0.25) is 0 Å². The van der Waals surface area contributed by atoms with E-state index < -0.39 is 34.9 Å². The summed E-state index contributed by atoms with van der Waals surface area (Å²) in [5, 5.41) is 17.2. The molecule has 1 aliphatic rings. The molecule has 0 amide bonds. The van der Waals surface area contributed by atoms with Crippen LogP contribution >= 0.6 is 0 Å². The molecule has 2 N–H and O–H groups in total. The van der Waals surface area contributed by atoms with Crippen LogP contribution < -0.4 is 9.47 Å². The minimum Gasteiger partial charge on any atom is -0.490 e. The van der Waals surface area contributed by atoms with E-state index in [1.807, 2.05) is 0 Å². The normalized spacial score (nSPS) is 14.6. The van der Waals surface area contributed by atoms with E-state index in [-0.39, 0.29) is 48.0 Å². The molecule has 0 fully saturated rings. The monoisotopic (exact) mass is 581 g/mol. The third kappa shape index (κ3) is 9.14. The van der Waals surface area contributed by atoms with Crippen molar-refractivity contribution in [2.24, 2.45) is 5.92 Å². The topological polar surface area (TPSA) is 88.9 Å². The largest absolute Gasteiger partial charge is 0.490 e. The zero-order valence-electron chi connectivity index (χ0n) is 23.1. The van der Waals surface area contributed by atoms with Crippen molar-refractivity contribution in [1.82, 2.24) is 4.98 Å². The molecule has 1 heterocycles. The maximum Gasteiger partial charge on any atom is 0.417 e. The standard InChI is InChI=1S/C28H28F5NO3.C2H4O2/c1-16-8-18-12-26(34-14-19(18)9-16)37-15-20-10-21(22(13-23(20)29)28(31,32)33)17-4-5-25(24(30)11-17)36-7-6-27(2,3)35;1-2(3)4/h4-5,10-14,16,35H,6-9,15H2,1-3H3;1H3,(H,3,4). The van der Waals surface area contributed by atoms with Crippen molar-refractivity contribution in [3.63, 3.8) is 0 Å². The quantitative estimate of drug-likeness (QED) is 0.279. The summed E-state index contributed by atoms with van der Waals surface area (Å²) in [6.45, 7) is 6.02. The van der Waals surface area contributed by atoms with Gasteiger partial charge in [0.2, 0.25) is 5.88 Å². The minimum atomic E-state index is -4.87. The van der Waals surface area contributed by atoms with Crippen LogP contribution in [0.3, 0.4) is 0 Å². The molecule has 3 aromatic rings. The van der Waals surface area contributed by atoms with Gasteiger partial charge in [-0.1, -0.05) is 13.0 Å². The number of hydrogen-bond donors (Lipinski definition) is 2. The summed E-state index contributed by atoms with van der Waals surface area (Å²) in [5.74, 6) is -2.21. The van der Waals surface area contributed by atoms with Crippen LogP contribution in [0.4, 0.5) is 22.0 Å². The van der Waals surface area contributed by atoms with Gasteiger partial charge < -0.3 is 19.7 Å². The van der Waals surface area contributed by atoms with E-state index in [2.05, 4.69) is 11.9 Å². The van der Waals surface area contributed by atoms with E-state index >= 15 is 0 Å². The lowest BCUT2D eigenvalue weighted by atomic mass is 9.96. The number of alkyl halides is 3. The Kier molecular flexibility index (Phi) is 9.96. The maximum absolute atomic E-state index is 14.7. The number of ether oxygens (including phenoxy) is 2. The summed E-state index contributed by atoms with van der Waals surface area (Å²) in [7, 11) is 0. The zero-order valence-corrected chi connectivity index (χ0v) is 23.1. The molecule has 41 heavy (non-hydrogen) atoms. The van der Waals surface area contributed by atoms with Crippen molar-refractivity contribution in [1.29, 1.82) is 0 Å². The summed E-state index contributed by atoms with van der Waals surface area (Å²) < 4.78 is 81.6. The van der Waals surface area contributed by atoms with Gasteiger partial charge in [0.05, 0.1) is 17.8 Å². The predicted octanol–water partition coefficient (Wildman–Crippen LogP) is 6.99. The van der Waals surface area contributed by atoms with Gasteiger partial charge in [0.25, 0.3) is 5.97 Å². The summed E-state index contributed by atoms with van der Waals surface area (Å²) in [5.41, 5.74) is -0.629. The first-order valence-electron chi connectivity index (χ1n) is 12.9. The summed E-state index contributed by atoms with van der Waals surface area (Å²) in [6.07, 6.45) is -1.15. The fourth-order valence-corrected chi connectivity index (χ4v) is 4.33. The Bertz CT molecular complexity index is 1380. The molecular formula is C30H32F5NO5. The Morgan fingerprint density at radius 1 is 1.02 bits per heavy atom. The minimum absolute atomic E-state index is 0.0151. The number of aliphatic hydroxyl groups is 1. The number of carboxylic acids is 1. The average Bonchev–Trinajstić information content (AvgIpc) is 3.21. The molecule has 0 saturated carbocycles. The van der Waals surface area contributed by atoms with Gasteiger partial charge in [-0.3, -0.25) is 4.79 Å². The van der Waals surface area contributed by atoms with Gasteiger partial charge >= 0.3 is 6.18 Å². The highest BCUT2D eigenvalue weighted by atomic mass is 19.4. The predicted molar refractivity (Wildman–Crippen MR) is 142 cm³/mol. The second-order valence-corrected chi connectivity index (χ2v) is 10.7. The number of halogens is 5. The van der Waals surface area contributed by atoms with E-state index in [1.54, 1.807) is 26.1 Å². The van der Waals surface area contributed by atoms with E-state index in [4.69, 9.17) is 19.4 Å². The molecule has 2 aromatic carbocycles. The number of carboxylic acid groups (broad SMARTS) is 1. The van der Waals surface area contributed by atoms with Crippen LogP contribution in [-0.4, -0.2) is 33.4 Å². The van der Waals surface area contributed by atoms with E-state index in [9.17, 15) is 27.1 Å². The number of nitrogens with zero attached hydrogens (tertiary/aromatic N) is 1. The number of fused-ring (bicyclic) bond motifs is 1. The second kappa shape index (κ2) is 12.8. The smallest absolute Gasteiger partial charge is 0.417 e. The van der Waals surface area contributed by atoms with Crippen molar-refractivity contribution >= 4 is 5.97 Å². The number of pyridine rings is 1. The number of aromatic nitrogens is 1. The number of rotatable bonds is 8. The van der Waals surface area contributed by atoms with Gasteiger partial charge in [0.15, 0.2) is 11.6 Å². The van der Waals surface area contributed by atoms with Gasteiger partial charge in [0, 0.05) is 31.2 Å². The van der Waals surface area contributed by atoms with E-state index in [1.165, 1.54) is 12.1 Å². The van der Waals surface area contributed by atoms with E-state index in [0.717, 1.165) is 43.0 Å². The molecule has 0 radical (unpaired) electrons. The fourth-order valence-electron chi connectivity index (χ4n) is 4.33. The highest BCUT2D eigenvalue weighted by Crippen LogP contribution is 2.40. The lowest BCUT2D eigenvalue weighted by Gasteiger charge is -2.18. The molecule has 1 aliphatic carbocycles. The molecule has 1 unspecified atom stereocenters. The molecule has 0 aliphatic heterocycles. The Balaban J connectivity index is 0.00000108. The molecular weight excluding hydrogens is 549 g/mol. The Hall–Kier alpha value is -3.73. The molecule has 222 valence electrons. The first-order chi connectivity index (χ1) is 19.0. The first kappa shape index (κ1) is 31.8. The van der Waals surface area contributed by atoms with Gasteiger partial charge in [-0.15, -0.1) is 0 Å². The van der Waals surface area contributed by atoms with Gasteiger partial charge in [-0.25, -0.2) is 13.8 Å². The molecule has 11 heteroatoms. The molecule has 0 saturated heterocycles. The first-order valence-corrected chi connectivity index (χ1v) is 12.9. The van der Waals surface area contributed by atoms with Crippen molar-refractivity contribution < 1.29 is 46.4 Å². The highest BCUT2D eigenvalue weighted by Gasteiger charge is 2.35. The second-order valence-electron chi connectivity index (χ2n) is 10.7. The van der Waals surface area contributed by atoms with Crippen LogP contribution in [0.25, 0.3) is 11.1 Å². The Morgan fingerprint density at radius 2 is 1.68 bits per heavy atom. The summed E-state index contributed by atoms with van der Waals surface area (Å²) >= 11 is 0. The van der Waals surface area contributed by atoms with Crippen molar-refractivity contribution in [2.75, 3.05) is 6.61 Å². The molecule has 4 rings (SSSR count). The van der Waals surface area contributed by atoms with Crippen molar-refractivity contribution in [3.8, 4) is 22.8 Å². The Morgan fingerprint density at radius 3 is 2.29 bits per heavy atom. The number of carbonyl (C=O) groups is 1. The van der Waals surface area contributed by atoms with Crippen LogP contribution in [0.5, 0.6) is 11.6 Å². The van der Waals surface area contributed by atoms with Crippen LogP contribution in [0.15, 0.2) is 42.6 Å². The zero-order chi connectivity index (χ0) is 30.5. The molecule has 1 aromatic heterocycles. The third-order valence-electron chi connectivity index (χ3n) is 6.28. The third-order valence-corrected chi connectivity index (χ3v) is 6.28. The highest BCUT2D eigenvalue weighted by molar-refractivity contribution is 5.70. The summed E-state index contributed by atoms with van der Waals surface area (Å²) in [6, 6.07) is 6.60. The lowest BCUT2D eigenvalue weighted by Crippen LogP contribution is -2.21. The Labute approximate surface area is 234 Å². The molecule has 0 bridgehead atoms. The SMILES string of the molecule is CC(=O)O.CC1Cc2cnc(OCc3cc(-c4ccc(OCCC(C)(C)O)c(F)c4)c(C(F)(F)F)cc3F)cc2C1. The molecule has 1 atom stereocenters. The van der Waals surface area contributed by atoms with Gasteiger partial charge in [-0.2, -0.15) is 13.2 Å². The van der Waals surface area contributed by atoms with Gasteiger partial charge in [0.1, 0.15) is 12.4 Å². The fraction of sp³-hybridized carbons (Fsp3) is 0.400. The van der Waals surface area contributed by atoms with E-state index in [0.29, 0.717) is 12.0 Å². The lowest BCUT2D eigenvalue weighted by molar-refractivity contribution is -0.137.